The van der Waals surface area contributed by atoms with Crippen LogP contribution in [0.1, 0.15) is 10.6 Å². The number of carbonyl (C=O) groups excluding carboxylic acids is 1. The van der Waals surface area contributed by atoms with E-state index in [-0.39, 0.29) is 25.1 Å². The number of aliphatic hydroxyl groups is 1. The Labute approximate surface area is 104 Å². The monoisotopic (exact) mass is 278 g/mol. The fourth-order valence-corrected chi connectivity index (χ4v) is 1.76. The smallest absolute Gasteiger partial charge is 0.314 e. The van der Waals surface area contributed by atoms with Gasteiger partial charge in [-0.1, -0.05) is 0 Å². The van der Waals surface area contributed by atoms with E-state index in [1.807, 2.05) is 0 Å². The molecule has 0 aliphatic carbocycles. The highest BCUT2D eigenvalue weighted by Crippen LogP contribution is 2.13. The molecule has 1 aromatic rings. The molecular weight excluding hydrogens is 263 g/mol. The first-order valence-electron chi connectivity index (χ1n) is 5.15. The van der Waals surface area contributed by atoms with Gasteiger partial charge in [-0.15, -0.1) is 0 Å². The SMILES string of the molecule is O=C(c1ccco1)N(O)CNCC(O)C[PH](=O)O. The van der Waals surface area contributed by atoms with Gasteiger partial charge in [0.25, 0.3) is 0 Å². The Bertz CT molecular complexity index is 396. The molecule has 0 radical (unpaired) electrons. The first-order chi connectivity index (χ1) is 8.50. The average Bonchev–Trinajstić information content (AvgIpc) is 2.80. The summed E-state index contributed by atoms with van der Waals surface area (Å²) >= 11 is 0. The molecule has 1 amide bonds. The van der Waals surface area contributed by atoms with Crippen LogP contribution in [0.4, 0.5) is 0 Å². The number of aliphatic hydroxyl groups excluding tert-OH is 1. The first-order valence-corrected chi connectivity index (χ1v) is 6.71. The number of hydrogen-bond donors (Lipinski definition) is 4. The predicted octanol–water partition coefficient (Wildman–Crippen LogP) is -0.514. The van der Waals surface area contributed by atoms with Crippen molar-refractivity contribution in [1.82, 2.24) is 10.4 Å². The highest BCUT2D eigenvalue weighted by Gasteiger charge is 2.16. The van der Waals surface area contributed by atoms with Crippen molar-refractivity contribution in [3.8, 4) is 0 Å². The normalized spacial score (nSPS) is 14.2. The molecule has 1 aromatic heterocycles. The summed E-state index contributed by atoms with van der Waals surface area (Å²) in [5.74, 6) is -0.738. The molecule has 2 atom stereocenters. The largest absolute Gasteiger partial charge is 0.459 e. The average molecular weight is 278 g/mol. The van der Waals surface area contributed by atoms with Gasteiger partial charge in [-0.3, -0.25) is 19.9 Å². The third-order valence-corrected chi connectivity index (χ3v) is 2.84. The van der Waals surface area contributed by atoms with Crippen LogP contribution in [0, 0.1) is 0 Å². The van der Waals surface area contributed by atoms with E-state index < -0.39 is 20.0 Å². The minimum absolute atomic E-state index is 0.0136. The van der Waals surface area contributed by atoms with E-state index in [1.165, 1.54) is 18.4 Å². The molecule has 0 saturated carbocycles. The molecule has 0 aliphatic heterocycles. The van der Waals surface area contributed by atoms with E-state index in [2.05, 4.69) is 5.32 Å². The number of nitrogens with one attached hydrogen (secondary N) is 1. The lowest BCUT2D eigenvalue weighted by Gasteiger charge is -2.16. The van der Waals surface area contributed by atoms with Gasteiger partial charge in [0.15, 0.2) is 13.8 Å². The maximum Gasteiger partial charge on any atom is 0.314 e. The van der Waals surface area contributed by atoms with Crippen LogP contribution < -0.4 is 5.32 Å². The van der Waals surface area contributed by atoms with Crippen LogP contribution in [-0.2, 0) is 4.57 Å². The van der Waals surface area contributed by atoms with Crippen molar-refractivity contribution in [3.05, 3.63) is 24.2 Å². The Hall–Kier alpha value is -1.18. The molecule has 0 saturated heterocycles. The Balaban J connectivity index is 2.27. The van der Waals surface area contributed by atoms with E-state index in [0.717, 1.165) is 0 Å². The highest BCUT2D eigenvalue weighted by atomic mass is 31.1. The second kappa shape index (κ2) is 7.30. The summed E-state index contributed by atoms with van der Waals surface area (Å²) in [5.41, 5.74) is 0. The van der Waals surface area contributed by atoms with Crippen LogP contribution in [0.3, 0.4) is 0 Å². The zero-order valence-electron chi connectivity index (χ0n) is 9.44. The van der Waals surface area contributed by atoms with Crippen LogP contribution in [0.5, 0.6) is 0 Å². The molecular formula is C9H15N2O6P. The van der Waals surface area contributed by atoms with Gasteiger partial charge in [0.05, 0.1) is 19.0 Å². The van der Waals surface area contributed by atoms with E-state index in [1.54, 1.807) is 0 Å². The molecule has 0 fully saturated rings. The quantitative estimate of drug-likeness (QED) is 0.229. The Morgan fingerprint density at radius 3 is 2.89 bits per heavy atom. The summed E-state index contributed by atoms with van der Waals surface area (Å²) in [4.78, 5) is 20.0. The second-order valence-electron chi connectivity index (χ2n) is 3.55. The third-order valence-electron chi connectivity index (χ3n) is 2.02. The molecule has 2 unspecified atom stereocenters. The number of furan rings is 1. The molecule has 4 N–H and O–H groups in total. The van der Waals surface area contributed by atoms with Crippen LogP contribution in [0.15, 0.2) is 22.8 Å². The maximum atomic E-state index is 11.5. The van der Waals surface area contributed by atoms with Gasteiger partial charge in [-0.05, 0) is 12.1 Å². The van der Waals surface area contributed by atoms with Gasteiger partial charge >= 0.3 is 5.91 Å². The summed E-state index contributed by atoms with van der Waals surface area (Å²) in [5, 5.41) is 21.6. The van der Waals surface area contributed by atoms with Crippen molar-refractivity contribution >= 4 is 13.9 Å². The van der Waals surface area contributed by atoms with Gasteiger partial charge in [0.2, 0.25) is 0 Å². The summed E-state index contributed by atoms with van der Waals surface area (Å²) in [6.07, 6.45) is 0.0699. The summed E-state index contributed by atoms with van der Waals surface area (Å²) in [6, 6.07) is 2.91. The molecule has 0 bridgehead atoms. The maximum absolute atomic E-state index is 11.5. The van der Waals surface area contributed by atoms with Crippen LogP contribution in [0.2, 0.25) is 0 Å². The molecule has 1 rings (SSSR count). The zero-order valence-corrected chi connectivity index (χ0v) is 10.4. The fraction of sp³-hybridized carbons (Fsp3) is 0.444. The standard InChI is InChI=1S/C9H15N2O6P/c12-7(5-18(15)16)4-10-6-11(14)9(13)8-2-1-3-17-8/h1-3,7,10,12,14,18H,4-6H2,(H,15,16). The Morgan fingerprint density at radius 2 is 2.33 bits per heavy atom. The van der Waals surface area contributed by atoms with E-state index in [0.29, 0.717) is 5.06 Å². The molecule has 0 aliphatic rings. The first kappa shape index (κ1) is 14.9. The topological polar surface area (TPSA) is 123 Å². The van der Waals surface area contributed by atoms with E-state index in [9.17, 15) is 19.7 Å². The highest BCUT2D eigenvalue weighted by molar-refractivity contribution is 7.38. The second-order valence-corrected chi connectivity index (χ2v) is 4.74. The van der Waals surface area contributed by atoms with Crippen LogP contribution in [-0.4, -0.2) is 51.7 Å². The lowest BCUT2D eigenvalue weighted by atomic mass is 10.4. The molecule has 18 heavy (non-hydrogen) atoms. The van der Waals surface area contributed by atoms with Crippen molar-refractivity contribution in [3.63, 3.8) is 0 Å². The van der Waals surface area contributed by atoms with E-state index >= 15 is 0 Å². The van der Waals surface area contributed by atoms with E-state index in [4.69, 9.17) is 9.31 Å². The number of carbonyl (C=O) groups is 1. The molecule has 0 spiro atoms. The predicted molar refractivity (Wildman–Crippen MR) is 61.6 cm³/mol. The van der Waals surface area contributed by atoms with Crippen molar-refractivity contribution in [2.45, 2.75) is 6.10 Å². The third kappa shape index (κ3) is 4.99. The molecule has 8 nitrogen and oxygen atoms in total. The minimum Gasteiger partial charge on any atom is -0.459 e. The van der Waals surface area contributed by atoms with Crippen LogP contribution in [0.25, 0.3) is 0 Å². The van der Waals surface area contributed by atoms with Gasteiger partial charge in [0.1, 0.15) is 0 Å². The lowest BCUT2D eigenvalue weighted by molar-refractivity contribution is -0.0660. The van der Waals surface area contributed by atoms with Gasteiger partial charge in [0, 0.05) is 12.7 Å². The van der Waals surface area contributed by atoms with Gasteiger partial charge < -0.3 is 14.4 Å². The van der Waals surface area contributed by atoms with Gasteiger partial charge in [-0.25, -0.2) is 5.06 Å². The molecule has 9 heteroatoms. The number of hydrogen-bond acceptors (Lipinski definition) is 6. The summed E-state index contributed by atoms with van der Waals surface area (Å²) < 4.78 is 15.2. The summed E-state index contributed by atoms with van der Waals surface area (Å²) in [7, 11) is -2.73. The Morgan fingerprint density at radius 1 is 1.61 bits per heavy atom. The molecule has 1 heterocycles. The van der Waals surface area contributed by atoms with Crippen molar-refractivity contribution in [2.75, 3.05) is 19.4 Å². The van der Waals surface area contributed by atoms with Crippen molar-refractivity contribution in [1.29, 1.82) is 0 Å². The summed E-state index contributed by atoms with van der Waals surface area (Å²) in [6.45, 7) is -0.248. The van der Waals surface area contributed by atoms with Crippen molar-refractivity contribution < 1.29 is 29.0 Å². The number of nitrogens with zero attached hydrogens (tertiary/aromatic N) is 1. The molecule has 0 aromatic carbocycles. The number of rotatable bonds is 7. The minimum atomic E-state index is -2.73. The van der Waals surface area contributed by atoms with Crippen molar-refractivity contribution in [2.24, 2.45) is 0 Å². The zero-order chi connectivity index (χ0) is 13.5. The fourth-order valence-electron chi connectivity index (χ4n) is 1.21. The lowest BCUT2D eigenvalue weighted by Crippen LogP contribution is -2.39. The molecule has 102 valence electrons. The Kier molecular flexibility index (Phi) is 6.03. The number of hydroxylamine groups is 2. The number of amides is 1. The van der Waals surface area contributed by atoms with Gasteiger partial charge in [-0.2, -0.15) is 0 Å². The van der Waals surface area contributed by atoms with Crippen LogP contribution >= 0.6 is 8.03 Å².